The van der Waals surface area contributed by atoms with E-state index >= 15 is 0 Å². The molecule has 39 heavy (non-hydrogen) atoms. The second kappa shape index (κ2) is 12.1. The predicted molar refractivity (Wildman–Crippen MR) is 153 cm³/mol. The Balaban J connectivity index is 2.51. The maximum absolute atomic E-state index is 13.0. The lowest BCUT2D eigenvalue weighted by atomic mass is 9.80. The van der Waals surface area contributed by atoms with Crippen LogP contribution in [0.25, 0.3) is 6.08 Å². The van der Waals surface area contributed by atoms with Crippen LogP contribution < -0.4 is 18.9 Å². The zero-order chi connectivity index (χ0) is 29.8. The third-order valence-corrected chi connectivity index (χ3v) is 6.42. The van der Waals surface area contributed by atoms with E-state index in [0.29, 0.717) is 28.4 Å². The highest BCUT2D eigenvalue weighted by Crippen LogP contribution is 2.48. The molecule has 2 aromatic rings. The number of carbonyl (C=O) groups excluding carboxylic acids is 3. The molecule has 7 heteroatoms. The van der Waals surface area contributed by atoms with Gasteiger partial charge in [0.2, 0.25) is 5.75 Å². The molecule has 0 saturated heterocycles. The van der Waals surface area contributed by atoms with Gasteiger partial charge in [-0.1, -0.05) is 20.8 Å². The van der Waals surface area contributed by atoms with Crippen molar-refractivity contribution in [1.29, 1.82) is 0 Å². The quantitative estimate of drug-likeness (QED) is 0.144. The van der Waals surface area contributed by atoms with Crippen molar-refractivity contribution in [3.63, 3.8) is 0 Å². The highest BCUT2D eigenvalue weighted by Gasteiger charge is 2.33. The lowest BCUT2D eigenvalue weighted by Crippen LogP contribution is -2.28. The zero-order valence-electron chi connectivity index (χ0n) is 25.1. The number of carbonyl (C=O) groups is 3. The maximum atomic E-state index is 13.0. The summed E-state index contributed by atoms with van der Waals surface area (Å²) in [6, 6.07) is 8.27. The van der Waals surface area contributed by atoms with Crippen LogP contribution in [0.1, 0.15) is 90.2 Å². The van der Waals surface area contributed by atoms with Crippen LogP contribution >= 0.6 is 0 Å². The number of hydrogen-bond donors (Lipinski definition) is 0. The van der Waals surface area contributed by atoms with E-state index in [2.05, 4.69) is 13.8 Å². The number of benzene rings is 2. The van der Waals surface area contributed by atoms with Crippen LogP contribution in [-0.2, 0) is 15.0 Å². The second-order valence-corrected chi connectivity index (χ2v) is 12.1. The molecule has 0 unspecified atom stereocenters. The molecule has 0 heterocycles. The van der Waals surface area contributed by atoms with E-state index in [-0.39, 0.29) is 22.9 Å². The van der Waals surface area contributed by atoms with Crippen molar-refractivity contribution in [2.75, 3.05) is 14.2 Å². The maximum Gasteiger partial charge on any atom is 0.316 e. The van der Waals surface area contributed by atoms with E-state index in [1.54, 1.807) is 71.9 Å². The average molecular weight is 539 g/mol. The summed E-state index contributed by atoms with van der Waals surface area (Å²) in [4.78, 5) is 38.0. The van der Waals surface area contributed by atoms with Crippen LogP contribution in [0.3, 0.4) is 0 Å². The minimum Gasteiger partial charge on any atom is -0.492 e. The fourth-order valence-electron chi connectivity index (χ4n) is 3.41. The summed E-state index contributed by atoms with van der Waals surface area (Å²) < 4.78 is 22.6. The lowest BCUT2D eigenvalue weighted by Gasteiger charge is -2.29. The number of ketones is 1. The fourth-order valence-corrected chi connectivity index (χ4v) is 3.41. The van der Waals surface area contributed by atoms with Crippen LogP contribution in [0.2, 0.25) is 0 Å². The van der Waals surface area contributed by atoms with E-state index < -0.39 is 16.8 Å². The predicted octanol–water partition coefficient (Wildman–Crippen LogP) is 7.19. The number of allylic oxidation sites excluding steroid dienone is 1. The monoisotopic (exact) mass is 538 g/mol. The molecule has 0 fully saturated rings. The third kappa shape index (κ3) is 7.71. The van der Waals surface area contributed by atoms with Crippen LogP contribution in [0.4, 0.5) is 0 Å². The molecule has 0 aliphatic carbocycles. The summed E-state index contributed by atoms with van der Waals surface area (Å²) in [5, 5.41) is 0. The SMILES string of the molecule is CCC(C)(C)c1cc(C=CC(=O)c2ccc(OC(=O)C(C)(C)C)cc2)c(OC)c(OC)c1OC(=O)C(C)(C)C. The number of hydrogen-bond acceptors (Lipinski definition) is 7. The van der Waals surface area contributed by atoms with Gasteiger partial charge in [0.15, 0.2) is 17.3 Å². The highest BCUT2D eigenvalue weighted by molar-refractivity contribution is 6.07. The molecular weight excluding hydrogens is 496 g/mol. The van der Waals surface area contributed by atoms with Gasteiger partial charge in [0, 0.05) is 16.7 Å². The molecular formula is C32H42O7. The summed E-state index contributed by atoms with van der Waals surface area (Å²) >= 11 is 0. The van der Waals surface area contributed by atoms with Crippen LogP contribution in [-0.4, -0.2) is 31.9 Å². The highest BCUT2D eigenvalue weighted by atomic mass is 16.6. The van der Waals surface area contributed by atoms with Gasteiger partial charge < -0.3 is 18.9 Å². The van der Waals surface area contributed by atoms with E-state index in [4.69, 9.17) is 18.9 Å². The number of methoxy groups -OCH3 is 2. The molecule has 0 aromatic heterocycles. The Kier molecular flexibility index (Phi) is 9.77. The Labute approximate surface area is 232 Å². The average Bonchev–Trinajstić information content (AvgIpc) is 2.86. The van der Waals surface area contributed by atoms with Gasteiger partial charge in [0.1, 0.15) is 5.75 Å². The summed E-state index contributed by atoms with van der Waals surface area (Å²) in [5.41, 5.74) is 0.0566. The fraction of sp³-hybridized carbons (Fsp3) is 0.469. The molecule has 0 N–H and O–H groups in total. The standard InChI is InChI=1S/C32H42O7/c1-12-32(8,9)23-19-21(25(36-10)27(37-11)26(23)39-29(35)31(5,6)7)15-18-24(33)20-13-16-22(17-14-20)38-28(34)30(2,3)4/h13-19H,12H2,1-11H3. The summed E-state index contributed by atoms with van der Waals surface area (Å²) in [6.07, 6.45) is 3.86. The first-order valence-corrected chi connectivity index (χ1v) is 13.0. The van der Waals surface area contributed by atoms with E-state index in [1.807, 2.05) is 13.0 Å². The van der Waals surface area contributed by atoms with Gasteiger partial charge in [0.25, 0.3) is 0 Å². The minimum atomic E-state index is -0.725. The number of rotatable bonds is 9. The molecule has 0 atom stereocenters. The van der Waals surface area contributed by atoms with Crippen molar-refractivity contribution < 1.29 is 33.3 Å². The summed E-state index contributed by atoms with van der Waals surface area (Å²) in [6.45, 7) is 16.8. The molecule has 0 aliphatic rings. The van der Waals surface area contributed by atoms with Crippen molar-refractivity contribution in [2.45, 2.75) is 74.1 Å². The van der Waals surface area contributed by atoms with Gasteiger partial charge in [-0.2, -0.15) is 0 Å². The van der Waals surface area contributed by atoms with Gasteiger partial charge in [-0.15, -0.1) is 0 Å². The topological polar surface area (TPSA) is 88.1 Å². The molecule has 0 bridgehead atoms. The smallest absolute Gasteiger partial charge is 0.316 e. The molecule has 2 aromatic carbocycles. The number of esters is 2. The van der Waals surface area contributed by atoms with Crippen molar-refractivity contribution in [3.8, 4) is 23.0 Å². The Morgan fingerprint density at radius 1 is 0.744 bits per heavy atom. The van der Waals surface area contributed by atoms with Gasteiger partial charge in [0.05, 0.1) is 25.0 Å². The first kappa shape index (κ1) is 31.6. The molecule has 0 aliphatic heterocycles. The minimum absolute atomic E-state index is 0.246. The van der Waals surface area contributed by atoms with E-state index in [0.717, 1.165) is 12.0 Å². The van der Waals surface area contributed by atoms with Gasteiger partial charge >= 0.3 is 11.9 Å². The number of ether oxygens (including phenoxy) is 4. The summed E-state index contributed by atoms with van der Waals surface area (Å²) in [5.74, 6) is 0.309. The zero-order valence-corrected chi connectivity index (χ0v) is 25.1. The van der Waals surface area contributed by atoms with E-state index in [1.165, 1.54) is 20.3 Å². The molecule has 7 nitrogen and oxygen atoms in total. The van der Waals surface area contributed by atoms with Crippen LogP contribution in [0, 0.1) is 10.8 Å². The Hall–Kier alpha value is -3.61. The van der Waals surface area contributed by atoms with Crippen molar-refractivity contribution in [1.82, 2.24) is 0 Å². The Morgan fingerprint density at radius 2 is 1.26 bits per heavy atom. The lowest BCUT2D eigenvalue weighted by molar-refractivity contribution is -0.143. The normalized spacial score (nSPS) is 12.3. The van der Waals surface area contributed by atoms with Crippen LogP contribution in [0.15, 0.2) is 36.4 Å². The van der Waals surface area contributed by atoms with Crippen molar-refractivity contribution >= 4 is 23.8 Å². The molecule has 0 amide bonds. The summed E-state index contributed by atoms with van der Waals surface area (Å²) in [7, 11) is 2.98. The molecule has 0 saturated carbocycles. The molecule has 212 valence electrons. The van der Waals surface area contributed by atoms with Gasteiger partial charge in [-0.3, -0.25) is 14.4 Å². The Morgan fingerprint density at radius 3 is 1.72 bits per heavy atom. The van der Waals surface area contributed by atoms with Crippen molar-refractivity contribution in [2.24, 2.45) is 10.8 Å². The first-order valence-electron chi connectivity index (χ1n) is 13.0. The van der Waals surface area contributed by atoms with Gasteiger partial charge in [-0.25, -0.2) is 0 Å². The molecule has 2 rings (SSSR count). The Bertz CT molecular complexity index is 1240. The van der Waals surface area contributed by atoms with Crippen molar-refractivity contribution in [3.05, 3.63) is 53.1 Å². The molecule has 0 radical (unpaired) electrons. The van der Waals surface area contributed by atoms with Gasteiger partial charge in [-0.05, 0) is 95.9 Å². The molecule has 0 spiro atoms. The largest absolute Gasteiger partial charge is 0.492 e. The first-order chi connectivity index (χ1) is 18.0. The van der Waals surface area contributed by atoms with E-state index in [9.17, 15) is 14.4 Å². The third-order valence-electron chi connectivity index (χ3n) is 6.42. The van der Waals surface area contributed by atoms with Crippen LogP contribution in [0.5, 0.6) is 23.0 Å². The second-order valence-electron chi connectivity index (χ2n) is 12.1.